The third-order valence-corrected chi connectivity index (χ3v) is 6.96. The first-order chi connectivity index (χ1) is 13.3. The third-order valence-electron chi connectivity index (χ3n) is 6.96. The Morgan fingerprint density at radius 1 is 0.963 bits per heavy atom. The summed E-state index contributed by atoms with van der Waals surface area (Å²) in [6, 6.07) is 6.56. The van der Waals surface area contributed by atoms with Gasteiger partial charge in [0.2, 0.25) is 0 Å². The molecule has 3 fully saturated rings. The van der Waals surface area contributed by atoms with E-state index in [9.17, 15) is 4.79 Å². The first-order valence-corrected chi connectivity index (χ1v) is 10.8. The number of benzene rings is 1. The van der Waals surface area contributed by atoms with E-state index in [1.807, 2.05) is 10.6 Å². The summed E-state index contributed by atoms with van der Waals surface area (Å²) >= 11 is 0. The fourth-order valence-corrected chi connectivity index (χ4v) is 4.99. The molecule has 0 spiro atoms. The van der Waals surface area contributed by atoms with Crippen LogP contribution in [0.5, 0.6) is 0 Å². The molecule has 0 atom stereocenters. The average molecular weight is 367 g/mol. The van der Waals surface area contributed by atoms with E-state index in [1.54, 1.807) is 6.33 Å². The second kappa shape index (κ2) is 7.27. The molecule has 2 heterocycles. The number of nitrogens with zero attached hydrogens (tertiary/aromatic N) is 4. The fourth-order valence-electron chi connectivity index (χ4n) is 4.99. The van der Waals surface area contributed by atoms with Crippen LogP contribution in [0, 0.1) is 5.92 Å². The quantitative estimate of drug-likeness (QED) is 0.831. The number of hydrogen-bond acceptors (Lipinski definition) is 4. The summed E-state index contributed by atoms with van der Waals surface area (Å²) in [6.45, 7) is 5.71. The van der Waals surface area contributed by atoms with E-state index in [1.165, 1.54) is 44.3 Å². The monoisotopic (exact) mass is 366 g/mol. The van der Waals surface area contributed by atoms with E-state index in [4.69, 9.17) is 0 Å². The predicted molar refractivity (Wildman–Crippen MR) is 110 cm³/mol. The summed E-state index contributed by atoms with van der Waals surface area (Å²) in [4.78, 5) is 22.6. The largest absolute Gasteiger partial charge is 0.369 e. The Morgan fingerprint density at radius 2 is 1.74 bits per heavy atom. The molecular formula is C22H30N4O. The summed E-state index contributed by atoms with van der Waals surface area (Å²) in [5.41, 5.74) is 2.17. The van der Waals surface area contributed by atoms with Gasteiger partial charge < -0.3 is 4.90 Å². The van der Waals surface area contributed by atoms with Crippen molar-refractivity contribution in [1.82, 2.24) is 14.5 Å². The molecule has 1 aliphatic heterocycles. The third kappa shape index (κ3) is 3.38. The van der Waals surface area contributed by atoms with Crippen molar-refractivity contribution in [1.29, 1.82) is 0 Å². The smallest absolute Gasteiger partial charge is 0.261 e. The maximum Gasteiger partial charge on any atom is 0.261 e. The van der Waals surface area contributed by atoms with Gasteiger partial charge in [0, 0.05) is 44.5 Å². The molecule has 2 saturated carbocycles. The molecule has 0 bridgehead atoms. The Kier molecular flexibility index (Phi) is 4.64. The highest BCUT2D eigenvalue weighted by Crippen LogP contribution is 2.29. The van der Waals surface area contributed by atoms with E-state index >= 15 is 0 Å². The molecule has 0 amide bonds. The van der Waals surface area contributed by atoms with Crippen LogP contribution in [0.25, 0.3) is 10.9 Å². The standard InChI is InChI=1S/C22H30N4O/c27-22-20-9-8-19(14-21(20)23-16-26(22)18-6-1-2-7-18)25-12-10-24(11-13-25)15-17-4-3-5-17/h8-9,14,16-18H,1-7,10-13,15H2. The minimum Gasteiger partial charge on any atom is -0.369 e. The van der Waals surface area contributed by atoms with E-state index in [-0.39, 0.29) is 5.56 Å². The Bertz CT molecular complexity index is 858. The van der Waals surface area contributed by atoms with E-state index in [0.717, 1.165) is 55.8 Å². The van der Waals surface area contributed by atoms with E-state index < -0.39 is 0 Å². The van der Waals surface area contributed by atoms with Crippen LogP contribution < -0.4 is 10.5 Å². The maximum atomic E-state index is 12.9. The van der Waals surface area contributed by atoms with Gasteiger partial charge in [-0.25, -0.2) is 4.98 Å². The topological polar surface area (TPSA) is 41.4 Å². The van der Waals surface area contributed by atoms with Gasteiger partial charge in [-0.15, -0.1) is 0 Å². The molecule has 1 aromatic heterocycles. The molecule has 2 aliphatic carbocycles. The van der Waals surface area contributed by atoms with E-state index in [2.05, 4.69) is 26.9 Å². The highest BCUT2D eigenvalue weighted by Gasteiger charge is 2.24. The van der Waals surface area contributed by atoms with Crippen molar-refractivity contribution in [2.45, 2.75) is 51.0 Å². The van der Waals surface area contributed by atoms with Crippen molar-refractivity contribution < 1.29 is 0 Å². The van der Waals surface area contributed by atoms with Gasteiger partial charge in [-0.1, -0.05) is 19.3 Å². The molecule has 2 aromatic rings. The SMILES string of the molecule is O=c1c2ccc(N3CCN(CC4CCC4)CC3)cc2ncn1C1CCCC1. The summed E-state index contributed by atoms with van der Waals surface area (Å²) in [7, 11) is 0. The van der Waals surface area contributed by atoms with Crippen LogP contribution in [-0.4, -0.2) is 47.2 Å². The molecule has 5 heteroatoms. The van der Waals surface area contributed by atoms with Crippen molar-refractivity contribution in [2.75, 3.05) is 37.6 Å². The number of fused-ring (bicyclic) bond motifs is 1. The molecule has 27 heavy (non-hydrogen) atoms. The molecule has 0 radical (unpaired) electrons. The fraction of sp³-hybridized carbons (Fsp3) is 0.636. The molecule has 5 rings (SSSR count). The normalized spacial score (nSPS) is 22.4. The van der Waals surface area contributed by atoms with Crippen molar-refractivity contribution in [3.63, 3.8) is 0 Å². The Hall–Kier alpha value is -1.88. The number of rotatable bonds is 4. The molecule has 0 unspecified atom stereocenters. The minimum atomic E-state index is 0.128. The Balaban J connectivity index is 1.31. The molecule has 1 aromatic carbocycles. The zero-order chi connectivity index (χ0) is 18.2. The first-order valence-electron chi connectivity index (χ1n) is 10.8. The van der Waals surface area contributed by atoms with Crippen LogP contribution in [0.3, 0.4) is 0 Å². The lowest BCUT2D eigenvalue weighted by molar-refractivity contribution is 0.170. The zero-order valence-corrected chi connectivity index (χ0v) is 16.1. The van der Waals surface area contributed by atoms with Gasteiger partial charge in [0.05, 0.1) is 17.2 Å². The molecule has 1 saturated heterocycles. The van der Waals surface area contributed by atoms with Gasteiger partial charge in [0.25, 0.3) is 5.56 Å². The second-order valence-electron chi connectivity index (χ2n) is 8.68. The van der Waals surface area contributed by atoms with Crippen molar-refractivity contribution in [2.24, 2.45) is 5.92 Å². The lowest BCUT2D eigenvalue weighted by Crippen LogP contribution is -2.48. The maximum absolute atomic E-state index is 12.9. The minimum absolute atomic E-state index is 0.128. The van der Waals surface area contributed by atoms with Crippen LogP contribution in [0.15, 0.2) is 29.3 Å². The number of anilines is 1. The lowest BCUT2D eigenvalue weighted by atomic mass is 9.85. The van der Waals surface area contributed by atoms with Gasteiger partial charge in [-0.05, 0) is 49.8 Å². The van der Waals surface area contributed by atoms with Crippen LogP contribution in [0.1, 0.15) is 51.0 Å². The van der Waals surface area contributed by atoms with Crippen LogP contribution in [0.4, 0.5) is 5.69 Å². The lowest BCUT2D eigenvalue weighted by Gasteiger charge is -2.39. The Morgan fingerprint density at radius 3 is 2.44 bits per heavy atom. The van der Waals surface area contributed by atoms with Gasteiger partial charge in [0.15, 0.2) is 0 Å². The average Bonchev–Trinajstić information content (AvgIpc) is 3.20. The summed E-state index contributed by atoms with van der Waals surface area (Å²) in [6.07, 6.45) is 10.7. The van der Waals surface area contributed by atoms with Gasteiger partial charge in [0.1, 0.15) is 0 Å². The zero-order valence-electron chi connectivity index (χ0n) is 16.1. The highest BCUT2D eigenvalue weighted by molar-refractivity contribution is 5.81. The predicted octanol–water partition coefficient (Wildman–Crippen LogP) is 3.43. The summed E-state index contributed by atoms with van der Waals surface area (Å²) < 4.78 is 1.87. The van der Waals surface area contributed by atoms with Gasteiger partial charge >= 0.3 is 0 Å². The number of hydrogen-bond donors (Lipinski definition) is 0. The van der Waals surface area contributed by atoms with Crippen LogP contribution in [0.2, 0.25) is 0 Å². The van der Waals surface area contributed by atoms with Crippen LogP contribution >= 0.6 is 0 Å². The van der Waals surface area contributed by atoms with E-state index in [0.29, 0.717) is 6.04 Å². The molecule has 0 N–H and O–H groups in total. The number of aromatic nitrogens is 2. The molecule has 3 aliphatic rings. The Labute approximate surface area is 161 Å². The van der Waals surface area contributed by atoms with Crippen LogP contribution in [-0.2, 0) is 0 Å². The highest BCUT2D eigenvalue weighted by atomic mass is 16.1. The summed E-state index contributed by atoms with van der Waals surface area (Å²) in [5.74, 6) is 0.948. The van der Waals surface area contributed by atoms with Crippen molar-refractivity contribution in [3.8, 4) is 0 Å². The molecular weight excluding hydrogens is 336 g/mol. The van der Waals surface area contributed by atoms with Gasteiger partial charge in [-0.3, -0.25) is 14.3 Å². The first kappa shape index (κ1) is 17.2. The molecule has 144 valence electrons. The van der Waals surface area contributed by atoms with Crippen molar-refractivity contribution in [3.05, 3.63) is 34.9 Å². The second-order valence-corrected chi connectivity index (χ2v) is 8.68. The molecule has 5 nitrogen and oxygen atoms in total. The number of piperazine rings is 1. The summed E-state index contributed by atoms with van der Waals surface area (Å²) in [5, 5.41) is 0.761. The van der Waals surface area contributed by atoms with Crippen molar-refractivity contribution >= 4 is 16.6 Å². The van der Waals surface area contributed by atoms with Gasteiger partial charge in [-0.2, -0.15) is 0 Å².